The quantitative estimate of drug-likeness (QED) is 0.368. The average Bonchev–Trinajstić information content (AvgIpc) is 3.26. The molecule has 0 aliphatic rings. The predicted molar refractivity (Wildman–Crippen MR) is 127 cm³/mol. The summed E-state index contributed by atoms with van der Waals surface area (Å²) >= 11 is 1.30. The molecule has 170 valence electrons. The number of carbonyl (C=O) groups is 4. The Morgan fingerprint density at radius 1 is 0.970 bits per heavy atom. The maximum absolute atomic E-state index is 12.6. The molecule has 0 bridgehead atoms. The van der Waals surface area contributed by atoms with Crippen molar-refractivity contribution in [2.45, 2.75) is 20.3 Å². The van der Waals surface area contributed by atoms with E-state index in [1.54, 1.807) is 42.5 Å². The number of carbonyl (C=O) groups excluding carboxylic acids is 4. The summed E-state index contributed by atoms with van der Waals surface area (Å²) < 4.78 is 5.22. The van der Waals surface area contributed by atoms with Gasteiger partial charge in [0.05, 0.1) is 16.1 Å². The Morgan fingerprint density at radius 3 is 2.52 bits per heavy atom. The van der Waals surface area contributed by atoms with E-state index < -0.39 is 12.6 Å². The lowest BCUT2D eigenvalue weighted by atomic mass is 10.1. The smallest absolute Gasteiger partial charge is 0.340 e. The van der Waals surface area contributed by atoms with Crippen molar-refractivity contribution >= 4 is 40.6 Å². The highest BCUT2D eigenvalue weighted by Crippen LogP contribution is 2.20. The minimum Gasteiger partial charge on any atom is -0.454 e. The van der Waals surface area contributed by atoms with E-state index in [-0.39, 0.29) is 23.2 Å². The molecule has 33 heavy (non-hydrogen) atoms. The third kappa shape index (κ3) is 6.85. The minimum absolute atomic E-state index is 0.106. The van der Waals surface area contributed by atoms with Crippen molar-refractivity contribution in [2.24, 2.45) is 0 Å². The van der Waals surface area contributed by atoms with E-state index in [0.29, 0.717) is 29.1 Å². The molecule has 8 heteroatoms. The highest BCUT2D eigenvalue weighted by atomic mass is 32.1. The number of rotatable bonds is 9. The molecule has 0 radical (unpaired) electrons. The van der Waals surface area contributed by atoms with Gasteiger partial charge in [0.1, 0.15) is 0 Å². The molecule has 0 saturated heterocycles. The molecule has 7 nitrogen and oxygen atoms in total. The van der Waals surface area contributed by atoms with Crippen LogP contribution in [0.15, 0.2) is 60.7 Å². The van der Waals surface area contributed by atoms with Crippen LogP contribution in [0.25, 0.3) is 0 Å². The summed E-state index contributed by atoms with van der Waals surface area (Å²) in [6.07, 6.45) is 0.616. The van der Waals surface area contributed by atoms with E-state index in [1.807, 2.05) is 19.1 Å². The van der Waals surface area contributed by atoms with E-state index in [1.165, 1.54) is 24.3 Å². The van der Waals surface area contributed by atoms with Crippen molar-refractivity contribution < 1.29 is 23.9 Å². The second-order valence-corrected chi connectivity index (χ2v) is 8.54. The number of hydrogen-bond acceptors (Lipinski definition) is 6. The fraction of sp³-hybridized carbons (Fsp3) is 0.200. The van der Waals surface area contributed by atoms with Crippen LogP contribution in [-0.4, -0.2) is 36.7 Å². The van der Waals surface area contributed by atoms with Crippen molar-refractivity contribution in [1.29, 1.82) is 0 Å². The number of thiophene rings is 1. The molecule has 3 aromatic rings. The molecule has 2 amide bonds. The molecule has 0 spiro atoms. The first-order valence-electron chi connectivity index (χ1n) is 10.3. The van der Waals surface area contributed by atoms with Gasteiger partial charge in [-0.25, -0.2) is 4.79 Å². The predicted octanol–water partition coefficient (Wildman–Crippen LogP) is 4.03. The van der Waals surface area contributed by atoms with Gasteiger partial charge < -0.3 is 15.4 Å². The number of aryl methyl sites for hydroxylation is 1. The second kappa shape index (κ2) is 11.2. The summed E-state index contributed by atoms with van der Waals surface area (Å²) in [5.74, 6) is -1.48. The number of Topliss-reactive ketones (excluding diaryl/α,β-unsaturated/α-hetero) is 1. The van der Waals surface area contributed by atoms with E-state index in [4.69, 9.17) is 4.74 Å². The number of anilines is 1. The summed E-state index contributed by atoms with van der Waals surface area (Å²) in [6.45, 7) is 3.41. The van der Waals surface area contributed by atoms with Crippen LogP contribution in [0, 0.1) is 6.92 Å². The Morgan fingerprint density at radius 2 is 1.76 bits per heavy atom. The van der Waals surface area contributed by atoms with Crippen LogP contribution >= 0.6 is 11.3 Å². The maximum Gasteiger partial charge on any atom is 0.340 e. The van der Waals surface area contributed by atoms with Crippen molar-refractivity contribution in [3.8, 4) is 0 Å². The fourth-order valence-electron chi connectivity index (χ4n) is 3.05. The van der Waals surface area contributed by atoms with Crippen LogP contribution in [0.5, 0.6) is 0 Å². The Balaban J connectivity index is 1.60. The SMILES string of the molecule is CC(=O)NCCc1ccc(C(=O)COC(=O)c2ccccc2NC(=O)c2cccc(C)c2)s1. The van der Waals surface area contributed by atoms with Gasteiger partial charge in [0.2, 0.25) is 11.7 Å². The number of para-hydroxylation sites is 1. The highest BCUT2D eigenvalue weighted by Gasteiger charge is 2.18. The van der Waals surface area contributed by atoms with Crippen LogP contribution in [0.3, 0.4) is 0 Å². The van der Waals surface area contributed by atoms with Gasteiger partial charge in [-0.15, -0.1) is 11.3 Å². The lowest BCUT2D eigenvalue weighted by molar-refractivity contribution is -0.118. The fourth-order valence-corrected chi connectivity index (χ4v) is 3.99. The van der Waals surface area contributed by atoms with Gasteiger partial charge >= 0.3 is 5.97 Å². The average molecular weight is 465 g/mol. The molecule has 1 heterocycles. The zero-order valence-electron chi connectivity index (χ0n) is 18.3. The second-order valence-electron chi connectivity index (χ2n) is 7.37. The minimum atomic E-state index is -0.703. The first kappa shape index (κ1) is 23.9. The third-order valence-corrected chi connectivity index (χ3v) is 5.88. The Labute approximate surface area is 195 Å². The molecule has 0 fully saturated rings. The van der Waals surface area contributed by atoms with Crippen LogP contribution in [0.2, 0.25) is 0 Å². The molecular formula is C25H24N2O5S. The number of esters is 1. The van der Waals surface area contributed by atoms with E-state index in [9.17, 15) is 19.2 Å². The van der Waals surface area contributed by atoms with Crippen molar-refractivity contribution in [1.82, 2.24) is 5.32 Å². The first-order chi connectivity index (χ1) is 15.8. The normalized spacial score (nSPS) is 10.4. The van der Waals surface area contributed by atoms with E-state index >= 15 is 0 Å². The van der Waals surface area contributed by atoms with E-state index in [2.05, 4.69) is 10.6 Å². The standard InChI is InChI=1S/C25H24N2O5S/c1-16-6-5-7-18(14-16)24(30)27-21-9-4-3-8-20(21)25(31)32-15-22(29)23-11-10-19(33-23)12-13-26-17(2)28/h3-11,14H,12-13,15H2,1-2H3,(H,26,28)(H,27,30). The molecule has 0 atom stereocenters. The van der Waals surface area contributed by atoms with Crippen molar-refractivity contribution in [2.75, 3.05) is 18.5 Å². The van der Waals surface area contributed by atoms with Crippen LogP contribution in [0.1, 0.15) is 47.8 Å². The van der Waals surface area contributed by atoms with Gasteiger partial charge in [-0.2, -0.15) is 0 Å². The monoisotopic (exact) mass is 464 g/mol. The topological polar surface area (TPSA) is 102 Å². The summed E-state index contributed by atoms with van der Waals surface area (Å²) in [5, 5.41) is 5.44. The van der Waals surface area contributed by atoms with Gasteiger partial charge in [-0.3, -0.25) is 14.4 Å². The van der Waals surface area contributed by atoms with Crippen molar-refractivity contribution in [3.05, 3.63) is 87.1 Å². The number of amides is 2. The Bertz CT molecular complexity index is 1180. The van der Waals surface area contributed by atoms with Crippen LogP contribution in [-0.2, 0) is 16.0 Å². The molecule has 2 aromatic carbocycles. The molecule has 3 rings (SSSR count). The highest BCUT2D eigenvalue weighted by molar-refractivity contribution is 7.14. The number of ether oxygens (including phenoxy) is 1. The van der Waals surface area contributed by atoms with Crippen LogP contribution < -0.4 is 10.6 Å². The molecule has 0 saturated carbocycles. The lowest BCUT2D eigenvalue weighted by Crippen LogP contribution is -2.22. The first-order valence-corrected chi connectivity index (χ1v) is 11.2. The van der Waals surface area contributed by atoms with Gasteiger partial charge in [-0.05, 0) is 49.7 Å². The molecule has 1 aromatic heterocycles. The summed E-state index contributed by atoms with van der Waals surface area (Å²) in [6, 6.07) is 17.1. The van der Waals surface area contributed by atoms with Gasteiger partial charge in [0, 0.05) is 23.9 Å². The van der Waals surface area contributed by atoms with Crippen molar-refractivity contribution in [3.63, 3.8) is 0 Å². The van der Waals surface area contributed by atoms with Gasteiger partial charge in [-0.1, -0.05) is 29.8 Å². The van der Waals surface area contributed by atoms with Crippen LogP contribution in [0.4, 0.5) is 5.69 Å². The Hall–Kier alpha value is -3.78. The molecule has 0 aliphatic heterocycles. The number of benzene rings is 2. The molecule has 0 aliphatic carbocycles. The zero-order valence-corrected chi connectivity index (χ0v) is 19.2. The summed E-state index contributed by atoms with van der Waals surface area (Å²) in [5.41, 5.74) is 1.88. The number of ketones is 1. The molecular weight excluding hydrogens is 440 g/mol. The lowest BCUT2D eigenvalue weighted by Gasteiger charge is -2.11. The summed E-state index contributed by atoms with van der Waals surface area (Å²) in [4.78, 5) is 50.0. The van der Waals surface area contributed by atoms with Gasteiger partial charge in [0.25, 0.3) is 5.91 Å². The summed E-state index contributed by atoms with van der Waals surface area (Å²) in [7, 11) is 0. The van der Waals surface area contributed by atoms with E-state index in [0.717, 1.165) is 10.4 Å². The number of nitrogens with one attached hydrogen (secondary N) is 2. The molecule has 0 unspecified atom stereocenters. The van der Waals surface area contributed by atoms with Gasteiger partial charge in [0.15, 0.2) is 6.61 Å². The largest absolute Gasteiger partial charge is 0.454 e. The number of hydrogen-bond donors (Lipinski definition) is 2. The molecule has 2 N–H and O–H groups in total. The third-order valence-electron chi connectivity index (χ3n) is 4.69. The zero-order chi connectivity index (χ0) is 23.8. The maximum atomic E-state index is 12.6. The Kier molecular flexibility index (Phi) is 8.10.